The molecular weight excluding hydrogens is 240 g/mol. The monoisotopic (exact) mass is 260 g/mol. The van der Waals surface area contributed by atoms with Crippen LogP contribution in [0, 0.1) is 5.92 Å². The highest BCUT2D eigenvalue weighted by molar-refractivity contribution is 5.86. The van der Waals surface area contributed by atoms with Crippen LogP contribution in [-0.4, -0.2) is 29.7 Å². The van der Waals surface area contributed by atoms with Gasteiger partial charge in [0, 0.05) is 31.4 Å². The summed E-state index contributed by atoms with van der Waals surface area (Å²) in [5, 5.41) is 8.71. The second kappa shape index (κ2) is 6.36. The van der Waals surface area contributed by atoms with Crippen molar-refractivity contribution in [3.8, 4) is 0 Å². The zero-order chi connectivity index (χ0) is 13.7. The molecule has 1 N–H and O–H groups in total. The van der Waals surface area contributed by atoms with E-state index in [0.29, 0.717) is 0 Å². The lowest BCUT2D eigenvalue weighted by Gasteiger charge is -2.23. The van der Waals surface area contributed by atoms with E-state index in [-0.39, 0.29) is 0 Å². The predicted molar refractivity (Wildman–Crippen MR) is 76.1 cm³/mol. The van der Waals surface area contributed by atoms with Crippen molar-refractivity contribution in [3.05, 3.63) is 30.0 Å². The summed E-state index contributed by atoms with van der Waals surface area (Å²) in [6.45, 7) is 0.991. The van der Waals surface area contributed by atoms with Crippen LogP contribution in [0.1, 0.15) is 31.2 Å². The molecule has 102 valence electrons. The third-order valence-electron chi connectivity index (χ3n) is 3.59. The Bertz CT molecular complexity index is 465. The Kier molecular flexibility index (Phi) is 4.55. The molecule has 0 bridgehead atoms. The van der Waals surface area contributed by atoms with Gasteiger partial charge in [-0.15, -0.1) is 0 Å². The van der Waals surface area contributed by atoms with Crippen LogP contribution in [0.25, 0.3) is 6.08 Å². The molecule has 1 aliphatic rings. The van der Waals surface area contributed by atoms with E-state index in [0.717, 1.165) is 29.9 Å². The highest BCUT2D eigenvalue weighted by Crippen LogP contribution is 2.27. The van der Waals surface area contributed by atoms with E-state index in [2.05, 4.69) is 9.88 Å². The molecule has 0 saturated heterocycles. The molecule has 1 heterocycles. The zero-order valence-corrected chi connectivity index (χ0v) is 11.2. The third kappa shape index (κ3) is 3.81. The minimum atomic E-state index is -0.937. The Hall–Kier alpha value is -1.84. The lowest BCUT2D eigenvalue weighted by Crippen LogP contribution is -2.25. The summed E-state index contributed by atoms with van der Waals surface area (Å²) in [5.74, 6) is 0.656. The maximum atomic E-state index is 10.6. The number of pyridine rings is 1. The predicted octanol–water partition coefficient (Wildman–Crippen LogP) is 2.81. The molecule has 1 aromatic rings. The minimum Gasteiger partial charge on any atom is -0.478 e. The Balaban J connectivity index is 2.11. The Morgan fingerprint density at radius 3 is 2.95 bits per heavy atom. The normalized spacial score (nSPS) is 16.1. The number of rotatable bonds is 5. The zero-order valence-electron chi connectivity index (χ0n) is 11.2. The van der Waals surface area contributed by atoms with Gasteiger partial charge in [-0.2, -0.15) is 0 Å². The van der Waals surface area contributed by atoms with Crippen LogP contribution >= 0.6 is 0 Å². The molecule has 4 heteroatoms. The van der Waals surface area contributed by atoms with Crippen molar-refractivity contribution in [1.82, 2.24) is 4.98 Å². The summed E-state index contributed by atoms with van der Waals surface area (Å²) in [6.07, 6.45) is 9.74. The molecular formula is C15H20N2O2. The molecule has 4 nitrogen and oxygen atoms in total. The topological polar surface area (TPSA) is 53.4 Å². The highest BCUT2D eigenvalue weighted by Gasteiger charge is 2.18. The van der Waals surface area contributed by atoms with Crippen LogP contribution < -0.4 is 4.90 Å². The van der Waals surface area contributed by atoms with E-state index < -0.39 is 5.97 Å². The molecule has 0 radical (unpaired) electrons. The number of carboxylic acid groups (broad SMARTS) is 1. The number of aliphatic carboxylic acids is 1. The van der Waals surface area contributed by atoms with E-state index in [1.807, 2.05) is 19.2 Å². The summed E-state index contributed by atoms with van der Waals surface area (Å²) < 4.78 is 0. The van der Waals surface area contributed by atoms with Gasteiger partial charge in [0.1, 0.15) is 5.82 Å². The van der Waals surface area contributed by atoms with Crippen LogP contribution in [0.15, 0.2) is 24.4 Å². The standard InChI is InChI=1S/C15H20N2O2/c1-17(11-12-5-2-3-6-12)15-13(7-4-10-16-15)8-9-14(18)19/h4,7-10,12H,2-3,5-6,11H2,1H3,(H,18,19)/b9-8+. The lowest BCUT2D eigenvalue weighted by molar-refractivity contribution is -0.131. The second-order valence-electron chi connectivity index (χ2n) is 5.12. The van der Waals surface area contributed by atoms with E-state index in [4.69, 9.17) is 5.11 Å². The minimum absolute atomic E-state index is 0.739. The Morgan fingerprint density at radius 1 is 1.53 bits per heavy atom. The molecule has 0 amide bonds. The number of anilines is 1. The molecule has 1 saturated carbocycles. The van der Waals surface area contributed by atoms with Crippen LogP contribution in [-0.2, 0) is 4.79 Å². The van der Waals surface area contributed by atoms with Gasteiger partial charge in [-0.05, 0) is 37.0 Å². The smallest absolute Gasteiger partial charge is 0.328 e. The van der Waals surface area contributed by atoms with E-state index in [1.54, 1.807) is 12.3 Å². The molecule has 0 aromatic carbocycles. The fraction of sp³-hybridized carbons (Fsp3) is 0.467. The highest BCUT2D eigenvalue weighted by atomic mass is 16.4. The van der Waals surface area contributed by atoms with Crippen molar-refractivity contribution in [2.24, 2.45) is 5.92 Å². The molecule has 1 aliphatic carbocycles. The summed E-state index contributed by atoms with van der Waals surface area (Å²) in [4.78, 5) is 17.1. The van der Waals surface area contributed by atoms with E-state index >= 15 is 0 Å². The van der Waals surface area contributed by atoms with Crippen LogP contribution in [0.3, 0.4) is 0 Å². The average molecular weight is 260 g/mol. The van der Waals surface area contributed by atoms with E-state index in [1.165, 1.54) is 25.7 Å². The number of hydrogen-bond acceptors (Lipinski definition) is 3. The summed E-state index contributed by atoms with van der Waals surface area (Å²) in [5.41, 5.74) is 0.852. The van der Waals surface area contributed by atoms with Gasteiger partial charge in [0.15, 0.2) is 0 Å². The van der Waals surface area contributed by atoms with Gasteiger partial charge in [0.2, 0.25) is 0 Å². The van der Waals surface area contributed by atoms with Gasteiger partial charge < -0.3 is 10.0 Å². The second-order valence-corrected chi connectivity index (χ2v) is 5.12. The SMILES string of the molecule is CN(CC1CCCC1)c1ncccc1/C=C/C(=O)O. The third-order valence-corrected chi connectivity index (χ3v) is 3.59. The molecule has 0 aliphatic heterocycles. The fourth-order valence-electron chi connectivity index (χ4n) is 2.69. The number of nitrogens with zero attached hydrogens (tertiary/aromatic N) is 2. The fourth-order valence-corrected chi connectivity index (χ4v) is 2.69. The number of hydrogen-bond donors (Lipinski definition) is 1. The first-order chi connectivity index (χ1) is 9.16. The summed E-state index contributed by atoms with van der Waals surface area (Å²) in [7, 11) is 2.03. The maximum Gasteiger partial charge on any atom is 0.328 e. The molecule has 1 fully saturated rings. The van der Waals surface area contributed by atoms with E-state index in [9.17, 15) is 4.79 Å². The summed E-state index contributed by atoms with van der Waals surface area (Å²) >= 11 is 0. The largest absolute Gasteiger partial charge is 0.478 e. The van der Waals surface area contributed by atoms with Crippen molar-refractivity contribution in [3.63, 3.8) is 0 Å². The molecule has 1 aromatic heterocycles. The van der Waals surface area contributed by atoms with Crippen molar-refractivity contribution in [2.45, 2.75) is 25.7 Å². The number of aromatic nitrogens is 1. The van der Waals surface area contributed by atoms with Crippen molar-refractivity contribution < 1.29 is 9.90 Å². The molecule has 2 rings (SSSR count). The quantitative estimate of drug-likeness (QED) is 0.827. The van der Waals surface area contributed by atoms with Crippen LogP contribution in [0.2, 0.25) is 0 Å². The van der Waals surface area contributed by atoms with Gasteiger partial charge in [-0.1, -0.05) is 12.8 Å². The van der Waals surface area contributed by atoms with Gasteiger partial charge in [-0.3, -0.25) is 0 Å². The van der Waals surface area contributed by atoms with Crippen LogP contribution in [0.4, 0.5) is 5.82 Å². The molecule has 0 unspecified atom stereocenters. The van der Waals surface area contributed by atoms with Crippen molar-refractivity contribution in [2.75, 3.05) is 18.5 Å². The first-order valence-corrected chi connectivity index (χ1v) is 6.74. The number of carboxylic acids is 1. The first-order valence-electron chi connectivity index (χ1n) is 6.74. The van der Waals surface area contributed by atoms with Crippen LogP contribution in [0.5, 0.6) is 0 Å². The lowest BCUT2D eigenvalue weighted by atomic mass is 10.1. The molecule has 0 spiro atoms. The van der Waals surface area contributed by atoms with Crippen molar-refractivity contribution in [1.29, 1.82) is 0 Å². The Labute approximate surface area is 113 Å². The van der Waals surface area contributed by atoms with Gasteiger partial charge in [0.05, 0.1) is 0 Å². The average Bonchev–Trinajstić information content (AvgIpc) is 2.89. The van der Waals surface area contributed by atoms with Crippen molar-refractivity contribution >= 4 is 17.9 Å². The maximum absolute atomic E-state index is 10.6. The Morgan fingerprint density at radius 2 is 2.26 bits per heavy atom. The molecule has 0 atom stereocenters. The molecule has 19 heavy (non-hydrogen) atoms. The van der Waals surface area contributed by atoms with Gasteiger partial charge in [0.25, 0.3) is 0 Å². The number of carbonyl (C=O) groups is 1. The van der Waals surface area contributed by atoms with Gasteiger partial charge >= 0.3 is 5.97 Å². The summed E-state index contributed by atoms with van der Waals surface area (Å²) in [6, 6.07) is 3.72. The first kappa shape index (κ1) is 13.6. The van der Waals surface area contributed by atoms with Gasteiger partial charge in [-0.25, -0.2) is 9.78 Å².